The van der Waals surface area contributed by atoms with Crippen molar-refractivity contribution in [3.8, 4) is 0 Å². The molecule has 35 heavy (non-hydrogen) atoms. The summed E-state index contributed by atoms with van der Waals surface area (Å²) in [4.78, 5) is 23.0. The normalized spacial score (nSPS) is 15.1. The zero-order valence-corrected chi connectivity index (χ0v) is 20.6. The molecule has 0 radical (unpaired) electrons. The lowest BCUT2D eigenvalue weighted by atomic mass is 9.97. The van der Waals surface area contributed by atoms with Gasteiger partial charge in [-0.05, 0) is 42.7 Å². The Morgan fingerprint density at radius 3 is 2.31 bits per heavy atom. The first-order valence-electron chi connectivity index (χ1n) is 10.7. The number of nitrogens with one attached hydrogen (secondary N) is 1. The number of piperidine rings is 1. The van der Waals surface area contributed by atoms with Crippen LogP contribution >= 0.6 is 23.2 Å². The third-order valence-corrected chi connectivity index (χ3v) is 8.17. The molecule has 10 nitrogen and oxygen atoms in total. The molecule has 1 N–H and O–H groups in total. The number of sulfonamides is 1. The van der Waals surface area contributed by atoms with Crippen molar-refractivity contribution in [2.24, 2.45) is 5.92 Å². The molecule has 0 spiro atoms. The molecule has 1 aliphatic rings. The number of rotatable bonds is 7. The van der Waals surface area contributed by atoms with E-state index in [1.807, 2.05) is 12.1 Å². The molecule has 1 fully saturated rings. The van der Waals surface area contributed by atoms with Crippen LogP contribution < -0.4 is 5.32 Å². The highest BCUT2D eigenvalue weighted by Gasteiger charge is 2.32. The van der Waals surface area contributed by atoms with E-state index in [1.54, 1.807) is 23.0 Å². The van der Waals surface area contributed by atoms with Gasteiger partial charge in [0.25, 0.3) is 5.69 Å². The molecule has 1 amide bonds. The van der Waals surface area contributed by atoms with Gasteiger partial charge < -0.3 is 5.32 Å². The van der Waals surface area contributed by atoms with E-state index in [1.165, 1.54) is 16.4 Å². The van der Waals surface area contributed by atoms with Crippen LogP contribution in [-0.2, 0) is 21.4 Å². The predicted octanol–water partition coefficient (Wildman–Crippen LogP) is 4.19. The number of anilines is 1. The number of nitro benzene ring substituents is 1. The standard InChI is InChI=1S/C22H21Cl2N5O5S/c23-17-3-1-15(2-4-17)13-27-14-20(24)21(26-27)25-22(30)16-9-11-28(12-10-16)35(33,34)19-7-5-18(6-8-19)29(31)32/h1-8,14,16H,9-13H2,(H,25,26,30). The van der Waals surface area contributed by atoms with Gasteiger partial charge in [-0.3, -0.25) is 19.6 Å². The minimum absolute atomic E-state index is 0.0241. The molecule has 1 saturated heterocycles. The largest absolute Gasteiger partial charge is 0.308 e. The summed E-state index contributed by atoms with van der Waals surface area (Å²) in [5, 5.41) is 18.8. The van der Waals surface area contributed by atoms with Gasteiger partial charge in [-0.2, -0.15) is 9.40 Å². The maximum Gasteiger partial charge on any atom is 0.269 e. The second-order valence-electron chi connectivity index (χ2n) is 8.07. The van der Waals surface area contributed by atoms with Crippen molar-refractivity contribution >= 4 is 50.6 Å². The van der Waals surface area contributed by atoms with E-state index in [0.717, 1.165) is 17.7 Å². The van der Waals surface area contributed by atoms with Gasteiger partial charge >= 0.3 is 0 Å². The van der Waals surface area contributed by atoms with Gasteiger partial charge in [0.1, 0.15) is 5.02 Å². The second kappa shape index (κ2) is 10.3. The van der Waals surface area contributed by atoms with Crippen molar-refractivity contribution in [1.29, 1.82) is 0 Å². The number of nitrogens with zero attached hydrogens (tertiary/aromatic N) is 4. The molecule has 184 valence electrons. The smallest absolute Gasteiger partial charge is 0.269 e. The van der Waals surface area contributed by atoms with Crippen molar-refractivity contribution in [2.45, 2.75) is 24.3 Å². The van der Waals surface area contributed by atoms with Gasteiger partial charge in [-0.1, -0.05) is 35.3 Å². The van der Waals surface area contributed by atoms with Crippen LogP contribution in [0, 0.1) is 16.0 Å². The molecular formula is C22H21Cl2N5O5S. The summed E-state index contributed by atoms with van der Waals surface area (Å²) in [5.74, 6) is -0.446. The van der Waals surface area contributed by atoms with Gasteiger partial charge in [0.15, 0.2) is 5.82 Å². The average Bonchev–Trinajstić information content (AvgIpc) is 3.18. The lowest BCUT2D eigenvalue weighted by Gasteiger charge is -2.30. The summed E-state index contributed by atoms with van der Waals surface area (Å²) in [5.41, 5.74) is 0.779. The van der Waals surface area contributed by atoms with Crippen LogP contribution in [0.15, 0.2) is 59.6 Å². The number of hydrogen-bond donors (Lipinski definition) is 1. The number of halogens is 2. The van der Waals surface area contributed by atoms with Crippen molar-refractivity contribution in [2.75, 3.05) is 18.4 Å². The van der Waals surface area contributed by atoms with Crippen molar-refractivity contribution in [1.82, 2.24) is 14.1 Å². The van der Waals surface area contributed by atoms with E-state index >= 15 is 0 Å². The summed E-state index contributed by atoms with van der Waals surface area (Å²) >= 11 is 12.2. The van der Waals surface area contributed by atoms with Crippen molar-refractivity contribution < 1.29 is 18.1 Å². The first kappa shape index (κ1) is 25.1. The van der Waals surface area contributed by atoms with Gasteiger partial charge in [-0.25, -0.2) is 8.42 Å². The third kappa shape index (κ3) is 5.81. The molecule has 3 aromatic rings. The summed E-state index contributed by atoms with van der Waals surface area (Å²) in [6.07, 6.45) is 2.26. The maximum atomic E-state index is 12.9. The number of non-ortho nitro benzene ring substituents is 1. The number of hydrogen-bond acceptors (Lipinski definition) is 6. The highest BCUT2D eigenvalue weighted by molar-refractivity contribution is 7.89. The van der Waals surface area contributed by atoms with Gasteiger partial charge in [0.2, 0.25) is 15.9 Å². The van der Waals surface area contributed by atoms with Gasteiger partial charge in [0, 0.05) is 42.4 Å². The van der Waals surface area contributed by atoms with E-state index in [4.69, 9.17) is 23.2 Å². The number of amides is 1. The Labute approximate surface area is 211 Å². The minimum atomic E-state index is -3.81. The van der Waals surface area contributed by atoms with Crippen LogP contribution in [0.4, 0.5) is 11.5 Å². The molecule has 2 aromatic carbocycles. The second-order valence-corrected chi connectivity index (χ2v) is 10.8. The monoisotopic (exact) mass is 537 g/mol. The van der Waals surface area contributed by atoms with Crippen molar-refractivity contribution in [3.63, 3.8) is 0 Å². The Balaban J connectivity index is 1.35. The number of aromatic nitrogens is 2. The fraction of sp³-hybridized carbons (Fsp3) is 0.273. The third-order valence-electron chi connectivity index (χ3n) is 5.73. The Bertz CT molecular complexity index is 1340. The summed E-state index contributed by atoms with van der Waals surface area (Å²) in [6, 6.07) is 12.0. The molecule has 1 aromatic heterocycles. The van der Waals surface area contributed by atoms with E-state index < -0.39 is 20.9 Å². The molecule has 0 atom stereocenters. The van der Waals surface area contributed by atoms with E-state index in [-0.39, 0.29) is 35.4 Å². The fourth-order valence-electron chi connectivity index (χ4n) is 3.81. The van der Waals surface area contributed by atoms with Crippen LogP contribution in [0.25, 0.3) is 0 Å². The summed E-state index contributed by atoms with van der Waals surface area (Å²) in [7, 11) is -3.81. The van der Waals surface area contributed by atoms with Gasteiger partial charge in [0.05, 0.1) is 16.4 Å². The minimum Gasteiger partial charge on any atom is -0.308 e. The van der Waals surface area contributed by atoms with E-state index in [9.17, 15) is 23.3 Å². The highest BCUT2D eigenvalue weighted by Crippen LogP contribution is 2.27. The lowest BCUT2D eigenvalue weighted by molar-refractivity contribution is -0.384. The summed E-state index contributed by atoms with van der Waals surface area (Å²) in [6.45, 7) is 0.748. The van der Waals surface area contributed by atoms with Gasteiger partial charge in [-0.15, -0.1) is 0 Å². The highest BCUT2D eigenvalue weighted by atomic mass is 35.5. The fourth-order valence-corrected chi connectivity index (χ4v) is 5.60. The average molecular weight is 538 g/mol. The Kier molecular flexibility index (Phi) is 7.41. The molecule has 0 saturated carbocycles. The van der Waals surface area contributed by atoms with E-state index in [2.05, 4.69) is 10.4 Å². The zero-order chi connectivity index (χ0) is 25.2. The number of nitro groups is 1. The van der Waals surface area contributed by atoms with Crippen LogP contribution in [0.1, 0.15) is 18.4 Å². The zero-order valence-electron chi connectivity index (χ0n) is 18.3. The van der Waals surface area contributed by atoms with Crippen LogP contribution in [0.3, 0.4) is 0 Å². The first-order chi connectivity index (χ1) is 16.6. The molecule has 1 aliphatic heterocycles. The molecule has 2 heterocycles. The molecular weight excluding hydrogens is 517 g/mol. The topological polar surface area (TPSA) is 127 Å². The number of carbonyl (C=O) groups excluding carboxylic acids is 1. The molecule has 4 rings (SSSR count). The van der Waals surface area contributed by atoms with Crippen LogP contribution in [-0.4, -0.2) is 46.4 Å². The first-order valence-corrected chi connectivity index (χ1v) is 12.9. The Morgan fingerprint density at radius 1 is 1.09 bits per heavy atom. The molecule has 0 unspecified atom stereocenters. The SMILES string of the molecule is O=C(Nc1nn(Cc2ccc(Cl)cc2)cc1Cl)C1CCN(S(=O)(=O)c2ccc([N+](=O)[O-])cc2)CC1. The quantitative estimate of drug-likeness (QED) is 0.355. The van der Waals surface area contributed by atoms with Crippen LogP contribution in [0.2, 0.25) is 10.0 Å². The molecule has 0 aliphatic carbocycles. The van der Waals surface area contributed by atoms with Crippen LogP contribution in [0.5, 0.6) is 0 Å². The van der Waals surface area contributed by atoms with Crippen molar-refractivity contribution in [3.05, 3.63) is 80.5 Å². The van der Waals surface area contributed by atoms with E-state index in [0.29, 0.717) is 29.4 Å². The molecule has 13 heteroatoms. The maximum absolute atomic E-state index is 12.9. The number of carbonyl (C=O) groups is 1. The Morgan fingerprint density at radius 2 is 1.71 bits per heavy atom. The lowest BCUT2D eigenvalue weighted by Crippen LogP contribution is -2.41. The predicted molar refractivity (Wildman–Crippen MR) is 131 cm³/mol. The number of benzene rings is 2. The Hall–Kier alpha value is -2.99. The summed E-state index contributed by atoms with van der Waals surface area (Å²) < 4.78 is 28.6. The molecule has 0 bridgehead atoms.